The van der Waals surface area contributed by atoms with Crippen LogP contribution in [0.3, 0.4) is 0 Å². The minimum Gasteiger partial charge on any atom is -0.386 e. The Morgan fingerprint density at radius 3 is 2.76 bits per heavy atom. The summed E-state index contributed by atoms with van der Waals surface area (Å²) in [5.74, 6) is 0.766. The van der Waals surface area contributed by atoms with E-state index in [1.54, 1.807) is 0 Å². The molecule has 3 unspecified atom stereocenters. The molecule has 0 amide bonds. The highest BCUT2D eigenvalue weighted by atomic mass is 16.5. The molecule has 1 aliphatic rings. The van der Waals surface area contributed by atoms with Crippen LogP contribution in [0.4, 0.5) is 0 Å². The summed E-state index contributed by atoms with van der Waals surface area (Å²) in [5.41, 5.74) is 0.941. The summed E-state index contributed by atoms with van der Waals surface area (Å²) in [5, 5.41) is 9.99. The monoisotopic (exact) mass is 234 g/mol. The third kappa shape index (κ3) is 3.83. The highest BCUT2D eigenvalue weighted by molar-refractivity contribution is 5.17. The average Bonchev–Trinajstić information content (AvgIpc) is 2.37. The van der Waals surface area contributed by atoms with Gasteiger partial charge in [-0.1, -0.05) is 50.1 Å². The van der Waals surface area contributed by atoms with E-state index in [1.807, 2.05) is 30.3 Å². The van der Waals surface area contributed by atoms with Crippen LogP contribution in [0.1, 0.15) is 44.3 Å². The predicted molar refractivity (Wildman–Crippen MR) is 68.8 cm³/mol. The molecule has 1 saturated carbocycles. The first kappa shape index (κ1) is 12.6. The topological polar surface area (TPSA) is 29.5 Å². The number of ether oxygens (including phenoxy) is 1. The molecule has 0 radical (unpaired) electrons. The second-order valence-electron chi connectivity index (χ2n) is 5.15. The average molecular weight is 234 g/mol. The van der Waals surface area contributed by atoms with E-state index in [0.29, 0.717) is 12.7 Å². The zero-order valence-electron chi connectivity index (χ0n) is 10.5. The minimum atomic E-state index is -0.492. The van der Waals surface area contributed by atoms with E-state index in [9.17, 15) is 5.11 Å². The van der Waals surface area contributed by atoms with Crippen molar-refractivity contribution in [2.24, 2.45) is 5.92 Å². The normalized spacial score (nSPS) is 26.7. The smallest absolute Gasteiger partial charge is 0.102 e. The Balaban J connectivity index is 1.78. The Kier molecular flexibility index (Phi) is 4.57. The van der Waals surface area contributed by atoms with E-state index in [4.69, 9.17) is 4.74 Å². The lowest BCUT2D eigenvalue weighted by atomic mass is 9.89. The van der Waals surface area contributed by atoms with E-state index in [0.717, 1.165) is 24.3 Å². The number of benzene rings is 1. The lowest BCUT2D eigenvalue weighted by Gasteiger charge is -2.27. The number of rotatable bonds is 4. The molecule has 1 aromatic carbocycles. The van der Waals surface area contributed by atoms with Crippen LogP contribution in [0.25, 0.3) is 0 Å². The molecular formula is C15H22O2. The van der Waals surface area contributed by atoms with Crippen molar-refractivity contribution in [1.82, 2.24) is 0 Å². The van der Waals surface area contributed by atoms with E-state index >= 15 is 0 Å². The summed E-state index contributed by atoms with van der Waals surface area (Å²) in [7, 11) is 0. The number of aliphatic hydroxyl groups excluding tert-OH is 1. The molecule has 0 spiro atoms. The first-order valence-electron chi connectivity index (χ1n) is 6.60. The Morgan fingerprint density at radius 1 is 1.29 bits per heavy atom. The van der Waals surface area contributed by atoms with Gasteiger partial charge in [-0.2, -0.15) is 0 Å². The van der Waals surface area contributed by atoms with E-state index in [1.165, 1.54) is 12.8 Å². The molecule has 2 rings (SSSR count). The fraction of sp³-hybridized carbons (Fsp3) is 0.600. The maximum atomic E-state index is 9.99. The van der Waals surface area contributed by atoms with Gasteiger partial charge in [0.25, 0.3) is 0 Å². The molecule has 0 bridgehead atoms. The van der Waals surface area contributed by atoms with Gasteiger partial charge in [0.05, 0.1) is 12.7 Å². The molecule has 94 valence electrons. The fourth-order valence-electron chi connectivity index (χ4n) is 2.53. The van der Waals surface area contributed by atoms with Gasteiger partial charge in [-0.3, -0.25) is 0 Å². The second-order valence-corrected chi connectivity index (χ2v) is 5.15. The van der Waals surface area contributed by atoms with Crippen molar-refractivity contribution < 1.29 is 9.84 Å². The van der Waals surface area contributed by atoms with Crippen LogP contribution in [-0.4, -0.2) is 17.8 Å². The number of hydrogen-bond donors (Lipinski definition) is 1. The van der Waals surface area contributed by atoms with Crippen molar-refractivity contribution in [3.05, 3.63) is 35.9 Å². The quantitative estimate of drug-likeness (QED) is 0.866. The van der Waals surface area contributed by atoms with E-state index < -0.39 is 6.10 Å². The maximum Gasteiger partial charge on any atom is 0.102 e. The van der Waals surface area contributed by atoms with Crippen LogP contribution >= 0.6 is 0 Å². The highest BCUT2D eigenvalue weighted by Crippen LogP contribution is 2.26. The highest BCUT2D eigenvalue weighted by Gasteiger charge is 2.20. The predicted octanol–water partition coefficient (Wildman–Crippen LogP) is 3.32. The van der Waals surface area contributed by atoms with Crippen molar-refractivity contribution in [2.45, 2.75) is 44.8 Å². The fourth-order valence-corrected chi connectivity index (χ4v) is 2.53. The first-order valence-corrected chi connectivity index (χ1v) is 6.60. The molecule has 17 heavy (non-hydrogen) atoms. The van der Waals surface area contributed by atoms with Crippen molar-refractivity contribution in [1.29, 1.82) is 0 Å². The molecule has 2 nitrogen and oxygen atoms in total. The van der Waals surface area contributed by atoms with Crippen LogP contribution in [0.5, 0.6) is 0 Å². The minimum absolute atomic E-state index is 0.345. The molecule has 3 atom stereocenters. The standard InChI is InChI=1S/C15H22O2/c1-12-6-5-9-14(10-12)17-11-15(16)13-7-3-2-4-8-13/h2-4,7-8,12,14-16H,5-6,9-11H2,1H3. The van der Waals surface area contributed by atoms with Gasteiger partial charge in [-0.05, 0) is 24.3 Å². The third-order valence-corrected chi connectivity index (χ3v) is 3.56. The van der Waals surface area contributed by atoms with Gasteiger partial charge in [-0.15, -0.1) is 0 Å². The van der Waals surface area contributed by atoms with Crippen LogP contribution in [-0.2, 0) is 4.74 Å². The van der Waals surface area contributed by atoms with Gasteiger partial charge in [0.1, 0.15) is 6.10 Å². The Labute approximate surface area is 104 Å². The molecular weight excluding hydrogens is 212 g/mol. The molecule has 1 aliphatic carbocycles. The van der Waals surface area contributed by atoms with Crippen LogP contribution in [0.15, 0.2) is 30.3 Å². The van der Waals surface area contributed by atoms with E-state index in [-0.39, 0.29) is 0 Å². The zero-order chi connectivity index (χ0) is 12.1. The van der Waals surface area contributed by atoms with Gasteiger partial charge in [0.2, 0.25) is 0 Å². The Morgan fingerprint density at radius 2 is 2.06 bits per heavy atom. The molecule has 1 fully saturated rings. The van der Waals surface area contributed by atoms with Crippen molar-refractivity contribution in [3.8, 4) is 0 Å². The van der Waals surface area contributed by atoms with Gasteiger partial charge < -0.3 is 9.84 Å². The molecule has 0 heterocycles. The summed E-state index contributed by atoms with van der Waals surface area (Å²) in [4.78, 5) is 0. The van der Waals surface area contributed by atoms with Gasteiger partial charge in [0.15, 0.2) is 0 Å². The van der Waals surface area contributed by atoms with Gasteiger partial charge >= 0.3 is 0 Å². The maximum absolute atomic E-state index is 9.99. The second kappa shape index (κ2) is 6.18. The van der Waals surface area contributed by atoms with Crippen LogP contribution in [0.2, 0.25) is 0 Å². The zero-order valence-corrected chi connectivity index (χ0v) is 10.5. The van der Waals surface area contributed by atoms with Crippen LogP contribution < -0.4 is 0 Å². The summed E-state index contributed by atoms with van der Waals surface area (Å²) >= 11 is 0. The van der Waals surface area contributed by atoms with Gasteiger partial charge in [-0.25, -0.2) is 0 Å². The number of hydrogen-bond acceptors (Lipinski definition) is 2. The van der Waals surface area contributed by atoms with Crippen molar-refractivity contribution in [3.63, 3.8) is 0 Å². The van der Waals surface area contributed by atoms with E-state index in [2.05, 4.69) is 6.92 Å². The van der Waals surface area contributed by atoms with Crippen LogP contribution in [0, 0.1) is 5.92 Å². The molecule has 0 aromatic heterocycles. The lowest BCUT2D eigenvalue weighted by molar-refractivity contribution is -0.0322. The first-order chi connectivity index (χ1) is 8.25. The summed E-state index contributed by atoms with van der Waals surface area (Å²) in [6, 6.07) is 9.73. The van der Waals surface area contributed by atoms with Gasteiger partial charge in [0, 0.05) is 0 Å². The molecule has 1 N–H and O–H groups in total. The largest absolute Gasteiger partial charge is 0.386 e. The summed E-state index contributed by atoms with van der Waals surface area (Å²) in [6.07, 6.45) is 4.72. The molecule has 0 saturated heterocycles. The Bertz CT molecular complexity index is 323. The molecule has 1 aromatic rings. The Hall–Kier alpha value is -0.860. The third-order valence-electron chi connectivity index (χ3n) is 3.56. The summed E-state index contributed by atoms with van der Waals surface area (Å²) < 4.78 is 5.82. The molecule has 0 aliphatic heterocycles. The van der Waals surface area contributed by atoms with Crippen molar-refractivity contribution >= 4 is 0 Å². The molecule has 2 heteroatoms. The van der Waals surface area contributed by atoms with Crippen molar-refractivity contribution in [2.75, 3.05) is 6.61 Å². The SMILES string of the molecule is CC1CCCC(OCC(O)c2ccccc2)C1. The lowest BCUT2D eigenvalue weighted by Crippen LogP contribution is -2.23. The number of aliphatic hydroxyl groups is 1. The summed E-state index contributed by atoms with van der Waals surface area (Å²) in [6.45, 7) is 2.70.